The molecule has 0 heteroatoms. The first-order valence-electron chi connectivity index (χ1n) is 17.8. The maximum atomic E-state index is 4.90. The molecule has 0 saturated heterocycles. The molecule has 0 aromatic carbocycles. The van der Waals surface area contributed by atoms with E-state index in [9.17, 15) is 0 Å². The highest BCUT2D eigenvalue weighted by molar-refractivity contribution is 5.61. The lowest BCUT2D eigenvalue weighted by atomic mass is 9.78. The van der Waals surface area contributed by atoms with Gasteiger partial charge in [0, 0.05) is 0 Å². The minimum Gasteiger partial charge on any atom is -0.0952 e. The van der Waals surface area contributed by atoms with Crippen LogP contribution >= 0.6 is 0 Å². The fraction of sp³-hybridized carbons (Fsp3) is 0.700. The van der Waals surface area contributed by atoms with E-state index in [1.54, 1.807) is 27.9 Å². The summed E-state index contributed by atoms with van der Waals surface area (Å²) in [6.45, 7) is 9.38. The number of hydrogen-bond acceptors (Lipinski definition) is 0. The van der Waals surface area contributed by atoms with Crippen LogP contribution in [0.3, 0.4) is 0 Å². The molecule has 0 aliphatic heterocycles. The van der Waals surface area contributed by atoms with Gasteiger partial charge in [0.25, 0.3) is 0 Å². The maximum absolute atomic E-state index is 4.90. The van der Waals surface area contributed by atoms with E-state index in [-0.39, 0.29) is 0 Å². The molecule has 0 aromatic heterocycles. The predicted molar refractivity (Wildman–Crippen MR) is 180 cm³/mol. The third-order valence-corrected chi connectivity index (χ3v) is 9.44. The molecule has 0 atom stereocenters. The highest BCUT2D eigenvalue weighted by Crippen LogP contribution is 2.40. The van der Waals surface area contributed by atoms with Gasteiger partial charge in [0.05, 0.1) is 0 Å². The maximum Gasteiger partial charge on any atom is -0.0121 e. The lowest BCUT2D eigenvalue weighted by Crippen LogP contribution is -2.08. The molecule has 0 heterocycles. The summed E-state index contributed by atoms with van der Waals surface area (Å²) in [7, 11) is 0. The van der Waals surface area contributed by atoms with Gasteiger partial charge < -0.3 is 0 Å². The molecule has 0 spiro atoms. The summed E-state index contributed by atoms with van der Waals surface area (Å²) in [5.41, 5.74) is 11.1. The summed E-state index contributed by atoms with van der Waals surface area (Å²) in [5, 5.41) is 0. The second-order valence-electron chi connectivity index (χ2n) is 13.3. The van der Waals surface area contributed by atoms with Crippen LogP contribution in [0.4, 0.5) is 0 Å². The zero-order chi connectivity index (χ0) is 28.3. The van der Waals surface area contributed by atoms with E-state index in [4.69, 9.17) is 6.58 Å². The third-order valence-electron chi connectivity index (χ3n) is 9.44. The van der Waals surface area contributed by atoms with Gasteiger partial charge in [-0.3, -0.25) is 0 Å². The van der Waals surface area contributed by atoms with Crippen LogP contribution in [-0.2, 0) is 0 Å². The summed E-state index contributed by atoms with van der Waals surface area (Å²) in [6, 6.07) is 0. The molecule has 0 radical (unpaired) electrons. The van der Waals surface area contributed by atoms with Gasteiger partial charge in [-0.25, -0.2) is 0 Å². The molecule has 0 amide bonds. The molecule has 0 saturated carbocycles. The normalized spacial score (nSPS) is 25.0. The third kappa shape index (κ3) is 12.5. The fourth-order valence-corrected chi connectivity index (χ4v) is 7.07. The molecule has 3 rings (SSSR count). The number of hydrogen-bond donors (Lipinski definition) is 0. The molecule has 0 unspecified atom stereocenters. The first-order chi connectivity index (χ1) is 19.7. The van der Waals surface area contributed by atoms with Crippen LogP contribution < -0.4 is 0 Å². The van der Waals surface area contributed by atoms with Gasteiger partial charge >= 0.3 is 0 Å². The second kappa shape index (κ2) is 20.3. The lowest BCUT2D eigenvalue weighted by Gasteiger charge is -2.26. The first-order valence-corrected chi connectivity index (χ1v) is 17.8. The van der Waals surface area contributed by atoms with Gasteiger partial charge in [-0.1, -0.05) is 114 Å². The summed E-state index contributed by atoms with van der Waals surface area (Å²) in [4.78, 5) is 0. The van der Waals surface area contributed by atoms with Crippen molar-refractivity contribution in [3.05, 3.63) is 69.9 Å². The predicted octanol–water partition coefficient (Wildman–Crippen LogP) is 13.8. The van der Waals surface area contributed by atoms with E-state index in [2.05, 4.69) is 38.2 Å². The van der Waals surface area contributed by atoms with Crippen molar-refractivity contribution in [2.45, 2.75) is 181 Å². The van der Waals surface area contributed by atoms with E-state index in [1.807, 2.05) is 0 Å². The standard InChI is InChI=1S/C40H64/c1-34(2)26-25-27-35(3)39(36-28-19-13-7-4-8-14-20-29-36)40(37-30-21-15-9-5-10-16-22-31-37)38-32-23-17-11-6-12-18-24-33-38/h26,28,30,32H,3-25,27,29,31,33H2,1-2H3/b36-28+,37-30+,38-32+. The molecule has 0 nitrogen and oxygen atoms in total. The van der Waals surface area contributed by atoms with Gasteiger partial charge in [0.1, 0.15) is 0 Å². The summed E-state index contributed by atoms with van der Waals surface area (Å²) in [6.07, 6.45) is 45.2. The van der Waals surface area contributed by atoms with Gasteiger partial charge in [-0.15, -0.1) is 0 Å². The van der Waals surface area contributed by atoms with Crippen LogP contribution in [0.25, 0.3) is 0 Å². The van der Waals surface area contributed by atoms with Gasteiger partial charge in [-0.05, 0) is 137 Å². The van der Waals surface area contributed by atoms with E-state index >= 15 is 0 Å². The van der Waals surface area contributed by atoms with E-state index < -0.39 is 0 Å². The van der Waals surface area contributed by atoms with Crippen LogP contribution in [0, 0.1) is 0 Å². The van der Waals surface area contributed by atoms with Crippen molar-refractivity contribution in [3.63, 3.8) is 0 Å². The zero-order valence-corrected chi connectivity index (χ0v) is 26.9. The molecule has 3 aliphatic carbocycles. The Morgan fingerprint density at radius 1 is 0.550 bits per heavy atom. The van der Waals surface area contributed by atoms with Crippen molar-refractivity contribution < 1.29 is 0 Å². The quantitative estimate of drug-likeness (QED) is 0.221. The van der Waals surface area contributed by atoms with Crippen molar-refractivity contribution in [1.82, 2.24) is 0 Å². The Kier molecular flexibility index (Phi) is 16.8. The summed E-state index contributed by atoms with van der Waals surface area (Å²) in [5.74, 6) is 0. The molecule has 0 fully saturated rings. The molecule has 0 bridgehead atoms. The van der Waals surface area contributed by atoms with Gasteiger partial charge in [0.15, 0.2) is 0 Å². The van der Waals surface area contributed by atoms with Gasteiger partial charge in [0.2, 0.25) is 0 Å². The average Bonchev–Trinajstić information content (AvgIpc) is 2.96. The highest BCUT2D eigenvalue weighted by Gasteiger charge is 2.22. The Hall–Kier alpha value is -1.56. The molecule has 0 aromatic rings. The van der Waals surface area contributed by atoms with Crippen LogP contribution in [0.2, 0.25) is 0 Å². The summed E-state index contributed by atoms with van der Waals surface area (Å²) >= 11 is 0. The minimum atomic E-state index is 1.09. The molecule has 3 aliphatic rings. The minimum absolute atomic E-state index is 1.09. The molecule has 224 valence electrons. The average molecular weight is 545 g/mol. The van der Waals surface area contributed by atoms with E-state index in [0.29, 0.717) is 0 Å². The second-order valence-corrected chi connectivity index (χ2v) is 13.3. The molecule has 40 heavy (non-hydrogen) atoms. The van der Waals surface area contributed by atoms with E-state index in [0.717, 1.165) is 12.8 Å². The summed E-state index contributed by atoms with van der Waals surface area (Å²) < 4.78 is 0. The van der Waals surface area contributed by atoms with Crippen LogP contribution in [0.1, 0.15) is 181 Å². The SMILES string of the molecule is C=C(CCC=C(C)C)C(=C(C1=C/CCCCCCCC\1)/C1=C/CCCCCCCC1)/C1=C/CCCCCCCC1. The van der Waals surface area contributed by atoms with Crippen LogP contribution in [0.15, 0.2) is 69.9 Å². The topological polar surface area (TPSA) is 0 Å². The van der Waals surface area contributed by atoms with Crippen molar-refractivity contribution in [1.29, 1.82) is 0 Å². The Morgan fingerprint density at radius 3 is 1.38 bits per heavy atom. The Balaban J connectivity index is 2.17. The molecule has 0 N–H and O–H groups in total. The van der Waals surface area contributed by atoms with Crippen molar-refractivity contribution >= 4 is 0 Å². The Labute approximate surface area is 250 Å². The number of rotatable bonds is 7. The Bertz CT molecular complexity index is 858. The lowest BCUT2D eigenvalue weighted by molar-refractivity contribution is 0.580. The highest BCUT2D eigenvalue weighted by atomic mass is 14.3. The fourth-order valence-electron chi connectivity index (χ4n) is 7.07. The first kappa shape index (κ1) is 32.9. The smallest absolute Gasteiger partial charge is 0.0121 e. The van der Waals surface area contributed by atoms with Crippen molar-refractivity contribution in [2.24, 2.45) is 0 Å². The van der Waals surface area contributed by atoms with E-state index in [1.165, 1.54) is 165 Å². The number of allylic oxidation sites excluding steroid dienone is 11. The zero-order valence-electron chi connectivity index (χ0n) is 26.9. The van der Waals surface area contributed by atoms with Crippen LogP contribution in [-0.4, -0.2) is 0 Å². The van der Waals surface area contributed by atoms with Crippen molar-refractivity contribution in [2.75, 3.05) is 0 Å². The monoisotopic (exact) mass is 545 g/mol. The molecular formula is C40H64. The van der Waals surface area contributed by atoms with Crippen LogP contribution in [0.5, 0.6) is 0 Å². The van der Waals surface area contributed by atoms with Gasteiger partial charge in [-0.2, -0.15) is 0 Å². The largest absolute Gasteiger partial charge is 0.0952 e. The molecular weight excluding hydrogens is 480 g/mol. The van der Waals surface area contributed by atoms with Crippen molar-refractivity contribution in [3.8, 4) is 0 Å². The Morgan fingerprint density at radius 2 is 0.925 bits per heavy atom.